The molecule has 24 N–H and O–H groups in total. The van der Waals surface area contributed by atoms with Crippen molar-refractivity contribution in [3.8, 4) is 0 Å². The number of rotatable bonds is 33. The number of nitrogens with two attached hydrogens (primary N) is 7. The van der Waals surface area contributed by atoms with Crippen LogP contribution in [0.4, 0.5) is 5.69 Å². The molecule has 0 aliphatic carbocycles. The number of likely N-dealkylation sites (tertiary alicyclic amines) is 1. The van der Waals surface area contributed by atoms with E-state index in [1.807, 2.05) is 0 Å². The number of nitrogen functional groups attached to an aromatic ring is 1. The molecular formula is C46H77N17O11. The van der Waals surface area contributed by atoms with E-state index in [0.717, 1.165) is 0 Å². The quantitative estimate of drug-likeness (QED) is 0.0103. The van der Waals surface area contributed by atoms with E-state index in [1.165, 1.54) is 17.9 Å². The number of aliphatic hydroxyl groups is 1. The molecule has 1 saturated heterocycles. The molecule has 28 nitrogen and oxygen atoms in total. The van der Waals surface area contributed by atoms with Gasteiger partial charge in [-0.25, -0.2) is 9.79 Å². The maximum Gasteiger partial charge on any atom is 0.352 e. The molecule has 7 atom stereocenters. The van der Waals surface area contributed by atoms with Crippen LogP contribution in [0.2, 0.25) is 0 Å². The first-order chi connectivity index (χ1) is 35.2. The SMILES string of the molecule is C[C@H](NC(=O)[C@@H](NC(=O)[C@@H](N)CCCCN)[C@@H](O)CN)C(=O)NCC(=O)/N=C(\CCCN)C(=O)N1CCC[C@H]1C(=O)N[C@@H](Cc1ccc(N)cc1)C(=O)N[C@@H](CCCCN)C(=O)N/C(=C\CCNC(=N)N)C(=O)O. The number of carbonyl (C=O) groups is 9. The molecule has 74 heavy (non-hydrogen) atoms. The van der Waals surface area contributed by atoms with E-state index < -0.39 is 114 Å². The maximum atomic E-state index is 14.2. The number of hydrogen-bond donors (Lipinski definition) is 17. The van der Waals surface area contributed by atoms with Gasteiger partial charge in [0.15, 0.2) is 5.96 Å². The Bertz CT molecular complexity index is 2140. The fourth-order valence-corrected chi connectivity index (χ4v) is 7.41. The minimum atomic E-state index is -1.57. The lowest BCUT2D eigenvalue weighted by Crippen LogP contribution is -2.60. The molecular weight excluding hydrogens is 967 g/mol. The van der Waals surface area contributed by atoms with E-state index in [2.05, 4.69) is 42.2 Å². The molecule has 1 fully saturated rings. The van der Waals surface area contributed by atoms with E-state index in [-0.39, 0.29) is 82.8 Å². The summed E-state index contributed by atoms with van der Waals surface area (Å²) in [5.41, 5.74) is 39.8. The zero-order chi connectivity index (χ0) is 55.3. The highest BCUT2D eigenvalue weighted by molar-refractivity contribution is 6.40. The van der Waals surface area contributed by atoms with E-state index >= 15 is 0 Å². The van der Waals surface area contributed by atoms with Crippen LogP contribution in [0.15, 0.2) is 41.0 Å². The Morgan fingerprint density at radius 2 is 1.46 bits per heavy atom. The average Bonchev–Trinajstić information content (AvgIpc) is 3.87. The first-order valence-corrected chi connectivity index (χ1v) is 24.5. The Morgan fingerprint density at radius 1 is 0.811 bits per heavy atom. The first-order valence-electron chi connectivity index (χ1n) is 24.5. The van der Waals surface area contributed by atoms with Gasteiger partial charge in [0.25, 0.3) is 11.8 Å². The number of aliphatic imine (C=N–C) groups is 1. The molecule has 0 unspecified atom stereocenters. The van der Waals surface area contributed by atoms with Crippen molar-refractivity contribution in [3.63, 3.8) is 0 Å². The van der Waals surface area contributed by atoms with Crippen molar-refractivity contribution in [2.24, 2.45) is 39.4 Å². The molecule has 8 amide bonds. The normalized spacial score (nSPS) is 16.0. The van der Waals surface area contributed by atoms with Crippen LogP contribution < -0.4 is 77.4 Å². The molecule has 412 valence electrons. The summed E-state index contributed by atoms with van der Waals surface area (Å²) in [7, 11) is 0. The number of guanidine groups is 1. The molecule has 2 rings (SSSR count). The smallest absolute Gasteiger partial charge is 0.352 e. The first kappa shape index (κ1) is 63.0. The lowest BCUT2D eigenvalue weighted by atomic mass is 10.0. The minimum absolute atomic E-state index is 0.0399. The molecule has 1 aromatic rings. The zero-order valence-electron chi connectivity index (χ0n) is 41.9. The summed E-state index contributed by atoms with van der Waals surface area (Å²) in [6.45, 7) is 1.04. The Labute approximate surface area is 429 Å². The van der Waals surface area contributed by atoms with Crippen LogP contribution in [0.25, 0.3) is 0 Å². The van der Waals surface area contributed by atoms with Gasteiger partial charge >= 0.3 is 5.97 Å². The predicted molar refractivity (Wildman–Crippen MR) is 274 cm³/mol. The minimum Gasteiger partial charge on any atom is -0.477 e. The van der Waals surface area contributed by atoms with Crippen LogP contribution in [0.1, 0.15) is 83.1 Å². The Hall–Kier alpha value is -7.11. The lowest BCUT2D eigenvalue weighted by molar-refractivity contribution is -0.137. The summed E-state index contributed by atoms with van der Waals surface area (Å²) in [5, 5.41) is 44.7. The van der Waals surface area contributed by atoms with Crippen molar-refractivity contribution < 1.29 is 53.4 Å². The Balaban J connectivity index is 2.29. The van der Waals surface area contributed by atoms with Gasteiger partial charge in [-0.2, -0.15) is 0 Å². The number of benzene rings is 1. The summed E-state index contributed by atoms with van der Waals surface area (Å²) in [6.07, 6.45) is 2.52. The number of nitrogens with one attached hydrogen (secondary N) is 8. The van der Waals surface area contributed by atoms with Crippen molar-refractivity contribution in [2.45, 2.75) is 126 Å². The van der Waals surface area contributed by atoms with Crippen molar-refractivity contribution in [2.75, 3.05) is 51.5 Å². The number of anilines is 1. The summed E-state index contributed by atoms with van der Waals surface area (Å²) in [6, 6.07) is -1.26. The molecule has 1 aliphatic rings. The Morgan fingerprint density at radius 3 is 2.07 bits per heavy atom. The highest BCUT2D eigenvalue weighted by atomic mass is 16.4. The van der Waals surface area contributed by atoms with Crippen molar-refractivity contribution in [1.82, 2.24) is 42.1 Å². The number of amides is 8. The van der Waals surface area contributed by atoms with E-state index in [1.54, 1.807) is 24.3 Å². The molecule has 1 heterocycles. The number of carboxylic acid groups (broad SMARTS) is 1. The molecule has 0 aromatic heterocycles. The third-order valence-electron chi connectivity index (χ3n) is 11.5. The number of aliphatic hydroxyl groups excluding tert-OH is 1. The summed E-state index contributed by atoms with van der Waals surface area (Å²) >= 11 is 0. The van der Waals surface area contributed by atoms with Crippen molar-refractivity contribution >= 4 is 70.6 Å². The third kappa shape index (κ3) is 22.3. The summed E-state index contributed by atoms with van der Waals surface area (Å²) in [4.78, 5) is 125. The van der Waals surface area contributed by atoms with Crippen LogP contribution in [0.3, 0.4) is 0 Å². The van der Waals surface area contributed by atoms with Crippen LogP contribution in [0, 0.1) is 5.41 Å². The second-order valence-corrected chi connectivity index (χ2v) is 17.5. The predicted octanol–water partition coefficient (Wildman–Crippen LogP) is -5.55. The average molecular weight is 1040 g/mol. The van der Waals surface area contributed by atoms with E-state index in [0.29, 0.717) is 49.9 Å². The third-order valence-corrected chi connectivity index (χ3v) is 11.5. The Kier molecular flexibility index (Phi) is 28.6. The highest BCUT2D eigenvalue weighted by Crippen LogP contribution is 2.20. The lowest BCUT2D eigenvalue weighted by Gasteiger charge is -2.28. The van der Waals surface area contributed by atoms with Crippen molar-refractivity contribution in [3.05, 3.63) is 41.6 Å². The molecule has 28 heteroatoms. The summed E-state index contributed by atoms with van der Waals surface area (Å²) in [5.74, 6) is -8.53. The van der Waals surface area contributed by atoms with Gasteiger partial charge in [-0.3, -0.25) is 43.8 Å². The van der Waals surface area contributed by atoms with Crippen LogP contribution >= 0.6 is 0 Å². The second-order valence-electron chi connectivity index (χ2n) is 17.5. The van der Waals surface area contributed by atoms with Gasteiger partial charge in [-0.05, 0) is 108 Å². The highest BCUT2D eigenvalue weighted by Gasteiger charge is 2.38. The number of unbranched alkanes of at least 4 members (excludes halogenated alkanes) is 2. The van der Waals surface area contributed by atoms with Gasteiger partial charge in [-0.1, -0.05) is 24.6 Å². The van der Waals surface area contributed by atoms with Gasteiger partial charge < -0.3 is 92.5 Å². The van der Waals surface area contributed by atoms with Gasteiger partial charge in [0, 0.05) is 31.7 Å². The second kappa shape index (κ2) is 33.6. The fraction of sp³-hybridized carbons (Fsp3) is 0.587. The van der Waals surface area contributed by atoms with Gasteiger partial charge in [-0.15, -0.1) is 0 Å². The number of nitrogens with zero attached hydrogens (tertiary/aromatic N) is 2. The number of aliphatic carboxylic acids is 1. The molecule has 0 saturated carbocycles. The molecule has 1 aliphatic heterocycles. The van der Waals surface area contributed by atoms with Crippen LogP contribution in [-0.4, -0.2) is 168 Å². The van der Waals surface area contributed by atoms with Gasteiger partial charge in [0.05, 0.1) is 18.7 Å². The van der Waals surface area contributed by atoms with Crippen LogP contribution in [-0.2, 0) is 49.6 Å². The van der Waals surface area contributed by atoms with E-state index in [9.17, 15) is 53.4 Å². The largest absolute Gasteiger partial charge is 0.477 e. The summed E-state index contributed by atoms with van der Waals surface area (Å²) < 4.78 is 0. The monoisotopic (exact) mass is 1040 g/mol. The van der Waals surface area contributed by atoms with Gasteiger partial charge in [0.2, 0.25) is 35.4 Å². The molecule has 0 radical (unpaired) electrons. The number of carbonyl (C=O) groups excluding carboxylic acids is 8. The molecule has 0 spiro atoms. The number of carboxylic acids is 1. The number of hydrogen-bond acceptors (Lipinski definition) is 17. The topological polar surface area (TPSA) is 500 Å². The van der Waals surface area contributed by atoms with Crippen molar-refractivity contribution in [1.29, 1.82) is 5.41 Å². The molecule has 0 bridgehead atoms. The standard InChI is InChI=1S/C46H77N17O11/c1-26(57-43(71)37(35(64)24-50)62-39(67)29(52)9-2-4-18-47)38(66)56-25-36(65)58-31(11-6-20-49)44(72)63-22-8-13-34(63)42(70)61-33(23-27-14-16-28(51)17-15-27)41(69)59-30(10-3-5-19-48)40(68)60-32(45(73)74)12-7-21-55-46(53)54/h12,14-17,26,29-30,33-35,37,64H,2-11,13,18-25,47-52H2,1H3,(H,56,66)(H,57,71)(H,59,69)(H,60,68)(H,61,70)(H,62,67)(H,73,74)(H4,53,54,55)/b32-12-,58-31+/t26-,29-,30-,33-,34-,35-,37-/m0/s1. The van der Waals surface area contributed by atoms with Gasteiger partial charge in [0.1, 0.15) is 41.6 Å². The van der Waals surface area contributed by atoms with Crippen LogP contribution in [0.5, 0.6) is 0 Å². The maximum absolute atomic E-state index is 14.2. The van der Waals surface area contributed by atoms with E-state index in [4.69, 9.17) is 45.5 Å². The zero-order valence-corrected chi connectivity index (χ0v) is 41.9. The fourth-order valence-electron chi connectivity index (χ4n) is 7.41. The molecule has 1 aromatic carbocycles.